The van der Waals surface area contributed by atoms with Gasteiger partial charge in [0, 0.05) is 19.0 Å². The van der Waals surface area contributed by atoms with Crippen molar-refractivity contribution in [3.8, 4) is 0 Å². The fourth-order valence-corrected chi connectivity index (χ4v) is 3.58. The van der Waals surface area contributed by atoms with Gasteiger partial charge in [-0.15, -0.1) is 0 Å². The molecule has 17 heavy (non-hydrogen) atoms. The third kappa shape index (κ3) is 2.98. The monoisotopic (exact) mass is 260 g/mol. The average molecular weight is 260 g/mol. The maximum Gasteiger partial charge on any atom is 0.225 e. The van der Waals surface area contributed by atoms with E-state index < -0.39 is 9.84 Å². The van der Waals surface area contributed by atoms with Crippen molar-refractivity contribution in [2.24, 2.45) is 11.8 Å². The van der Waals surface area contributed by atoms with Crippen LogP contribution in [-0.4, -0.2) is 56.9 Å². The highest BCUT2D eigenvalue weighted by Crippen LogP contribution is 2.19. The van der Waals surface area contributed by atoms with Crippen molar-refractivity contribution in [2.45, 2.75) is 13.3 Å². The van der Waals surface area contributed by atoms with E-state index in [1.807, 2.05) is 6.92 Å². The SMILES string of the molecule is CC(C(=O)N1CCCS(=O)(=O)CC1)C1CNC1. The van der Waals surface area contributed by atoms with Crippen LogP contribution in [0.25, 0.3) is 0 Å². The maximum atomic E-state index is 12.2. The molecule has 1 N–H and O–H groups in total. The zero-order chi connectivity index (χ0) is 12.5. The van der Waals surface area contributed by atoms with Crippen LogP contribution in [0.3, 0.4) is 0 Å². The lowest BCUT2D eigenvalue weighted by atomic mass is 9.88. The molecule has 2 aliphatic heterocycles. The Kier molecular flexibility index (Phi) is 3.73. The van der Waals surface area contributed by atoms with Crippen molar-refractivity contribution in [1.29, 1.82) is 0 Å². The predicted octanol–water partition coefficient (Wildman–Crippen LogP) is -0.511. The predicted molar refractivity (Wildman–Crippen MR) is 65.4 cm³/mol. The second-order valence-electron chi connectivity index (χ2n) is 5.04. The molecule has 0 aromatic heterocycles. The zero-order valence-corrected chi connectivity index (χ0v) is 11.0. The number of hydrogen-bond acceptors (Lipinski definition) is 4. The van der Waals surface area contributed by atoms with E-state index >= 15 is 0 Å². The van der Waals surface area contributed by atoms with Crippen LogP contribution in [0.1, 0.15) is 13.3 Å². The molecule has 2 aliphatic rings. The maximum absolute atomic E-state index is 12.2. The van der Waals surface area contributed by atoms with Gasteiger partial charge in [-0.25, -0.2) is 8.42 Å². The fraction of sp³-hybridized carbons (Fsp3) is 0.909. The molecule has 2 heterocycles. The van der Waals surface area contributed by atoms with Gasteiger partial charge in [-0.2, -0.15) is 0 Å². The molecular formula is C11H20N2O3S. The summed E-state index contributed by atoms with van der Waals surface area (Å²) in [5.74, 6) is 0.887. The van der Waals surface area contributed by atoms with Gasteiger partial charge < -0.3 is 10.2 Å². The third-order valence-corrected chi connectivity index (χ3v) is 5.49. The van der Waals surface area contributed by atoms with Crippen LogP contribution in [-0.2, 0) is 14.6 Å². The largest absolute Gasteiger partial charge is 0.341 e. The molecule has 2 saturated heterocycles. The van der Waals surface area contributed by atoms with Crippen LogP contribution in [0.5, 0.6) is 0 Å². The number of amides is 1. The Labute approximate surface area is 102 Å². The second-order valence-corrected chi connectivity index (χ2v) is 7.34. The zero-order valence-electron chi connectivity index (χ0n) is 10.2. The van der Waals surface area contributed by atoms with Crippen LogP contribution in [0.4, 0.5) is 0 Å². The summed E-state index contributed by atoms with van der Waals surface area (Å²) in [5, 5.41) is 3.16. The van der Waals surface area contributed by atoms with Crippen molar-refractivity contribution in [3.05, 3.63) is 0 Å². The summed E-state index contributed by atoms with van der Waals surface area (Å²) in [6.45, 7) is 4.71. The van der Waals surface area contributed by atoms with Crippen LogP contribution in [0.15, 0.2) is 0 Å². The van der Waals surface area contributed by atoms with E-state index in [1.165, 1.54) is 0 Å². The molecule has 0 aliphatic carbocycles. The molecule has 0 aromatic rings. The minimum Gasteiger partial charge on any atom is -0.341 e. The van der Waals surface area contributed by atoms with Crippen molar-refractivity contribution >= 4 is 15.7 Å². The molecule has 1 amide bonds. The Morgan fingerprint density at radius 2 is 2.00 bits per heavy atom. The molecule has 0 spiro atoms. The van der Waals surface area contributed by atoms with E-state index in [4.69, 9.17) is 0 Å². The minimum absolute atomic E-state index is 0.0112. The number of nitrogens with one attached hydrogen (secondary N) is 1. The summed E-state index contributed by atoms with van der Waals surface area (Å²) in [4.78, 5) is 13.9. The van der Waals surface area contributed by atoms with Crippen molar-refractivity contribution in [1.82, 2.24) is 10.2 Å². The first-order chi connectivity index (χ1) is 7.99. The topological polar surface area (TPSA) is 66.5 Å². The summed E-state index contributed by atoms with van der Waals surface area (Å²) in [6.07, 6.45) is 0.573. The number of nitrogens with zero attached hydrogens (tertiary/aromatic N) is 1. The lowest BCUT2D eigenvalue weighted by molar-refractivity contribution is -0.137. The van der Waals surface area contributed by atoms with Gasteiger partial charge >= 0.3 is 0 Å². The number of carbonyl (C=O) groups is 1. The molecule has 1 atom stereocenters. The van der Waals surface area contributed by atoms with E-state index in [2.05, 4.69) is 5.32 Å². The van der Waals surface area contributed by atoms with Gasteiger partial charge in [0.2, 0.25) is 5.91 Å². The number of carbonyl (C=O) groups excluding carboxylic acids is 1. The highest BCUT2D eigenvalue weighted by molar-refractivity contribution is 7.91. The van der Waals surface area contributed by atoms with E-state index in [0.717, 1.165) is 13.1 Å². The summed E-state index contributed by atoms with van der Waals surface area (Å²) in [6, 6.07) is 0. The molecule has 0 bridgehead atoms. The first-order valence-corrected chi connectivity index (χ1v) is 8.02. The Bertz CT molecular complexity index is 390. The molecule has 98 valence electrons. The van der Waals surface area contributed by atoms with Crippen LogP contribution < -0.4 is 5.32 Å². The Balaban J connectivity index is 1.94. The van der Waals surface area contributed by atoms with E-state index in [-0.39, 0.29) is 23.3 Å². The molecule has 2 fully saturated rings. The normalized spacial score (nSPS) is 27.0. The molecule has 6 heteroatoms. The van der Waals surface area contributed by atoms with Gasteiger partial charge in [0.1, 0.15) is 0 Å². The first kappa shape index (κ1) is 12.8. The average Bonchev–Trinajstić information content (AvgIpc) is 2.35. The smallest absolute Gasteiger partial charge is 0.225 e. The van der Waals surface area contributed by atoms with E-state index in [0.29, 0.717) is 25.4 Å². The van der Waals surface area contributed by atoms with Gasteiger partial charge in [-0.1, -0.05) is 6.92 Å². The van der Waals surface area contributed by atoms with Gasteiger partial charge in [0.25, 0.3) is 0 Å². The number of hydrogen-bond donors (Lipinski definition) is 1. The van der Waals surface area contributed by atoms with Crippen molar-refractivity contribution in [3.63, 3.8) is 0 Å². The van der Waals surface area contributed by atoms with E-state index in [1.54, 1.807) is 4.90 Å². The van der Waals surface area contributed by atoms with Gasteiger partial charge in [-0.05, 0) is 25.4 Å². The summed E-state index contributed by atoms with van der Waals surface area (Å²) in [5.41, 5.74) is 0. The summed E-state index contributed by atoms with van der Waals surface area (Å²) < 4.78 is 22.9. The quantitative estimate of drug-likeness (QED) is 0.726. The summed E-state index contributed by atoms with van der Waals surface area (Å²) in [7, 11) is -2.93. The summed E-state index contributed by atoms with van der Waals surface area (Å²) >= 11 is 0. The molecule has 0 saturated carbocycles. The van der Waals surface area contributed by atoms with Gasteiger partial charge in [0.05, 0.1) is 11.5 Å². The fourth-order valence-electron chi connectivity index (χ4n) is 2.31. The molecule has 5 nitrogen and oxygen atoms in total. The standard InChI is InChI=1S/C11H20N2O3S/c1-9(10-7-12-8-10)11(14)13-3-2-5-17(15,16)6-4-13/h9-10,12H,2-8H2,1H3. The Morgan fingerprint density at radius 1 is 1.29 bits per heavy atom. The second kappa shape index (κ2) is 4.94. The molecule has 1 unspecified atom stereocenters. The molecule has 2 rings (SSSR count). The first-order valence-electron chi connectivity index (χ1n) is 6.19. The van der Waals surface area contributed by atoms with Gasteiger partial charge in [0.15, 0.2) is 9.84 Å². The van der Waals surface area contributed by atoms with Crippen LogP contribution in [0, 0.1) is 11.8 Å². The van der Waals surface area contributed by atoms with Crippen LogP contribution in [0.2, 0.25) is 0 Å². The number of rotatable bonds is 2. The van der Waals surface area contributed by atoms with Gasteiger partial charge in [-0.3, -0.25) is 4.79 Å². The lowest BCUT2D eigenvalue weighted by Crippen LogP contribution is -2.50. The number of sulfone groups is 1. The lowest BCUT2D eigenvalue weighted by Gasteiger charge is -2.34. The third-order valence-electron chi connectivity index (χ3n) is 3.78. The molecule has 0 radical (unpaired) electrons. The minimum atomic E-state index is -2.93. The highest BCUT2D eigenvalue weighted by atomic mass is 32.2. The van der Waals surface area contributed by atoms with Crippen molar-refractivity contribution in [2.75, 3.05) is 37.7 Å². The van der Waals surface area contributed by atoms with Crippen molar-refractivity contribution < 1.29 is 13.2 Å². The van der Waals surface area contributed by atoms with E-state index in [9.17, 15) is 13.2 Å². The molecule has 0 aromatic carbocycles. The molecular weight excluding hydrogens is 240 g/mol. The Hall–Kier alpha value is -0.620. The Morgan fingerprint density at radius 3 is 2.59 bits per heavy atom. The van der Waals surface area contributed by atoms with Crippen LogP contribution >= 0.6 is 0 Å². The highest BCUT2D eigenvalue weighted by Gasteiger charge is 2.32.